The summed E-state index contributed by atoms with van der Waals surface area (Å²) in [5.74, 6) is 0.444. The molecule has 1 aliphatic rings. The Labute approximate surface area is 118 Å². The largest absolute Gasteiger partial charge is 0.266 e. The van der Waals surface area contributed by atoms with Gasteiger partial charge in [-0.15, -0.1) is 5.10 Å². The standard InChI is InChI=1S/C10H8Cl2N4O2S/c11-10-9(19(12,17)18)8(6-3-4-6)15-16(10)7-2-1-5-13-14-7/h1-2,5-6H,3-4H2. The van der Waals surface area contributed by atoms with Crippen LogP contribution in [0.1, 0.15) is 24.5 Å². The third-order valence-electron chi connectivity index (χ3n) is 2.80. The van der Waals surface area contributed by atoms with Gasteiger partial charge in [-0.05, 0) is 25.0 Å². The third kappa shape index (κ3) is 2.33. The van der Waals surface area contributed by atoms with E-state index in [1.165, 1.54) is 10.9 Å². The van der Waals surface area contributed by atoms with Crippen LogP contribution in [-0.2, 0) is 9.05 Å². The van der Waals surface area contributed by atoms with Crippen LogP contribution < -0.4 is 0 Å². The van der Waals surface area contributed by atoms with E-state index in [2.05, 4.69) is 15.3 Å². The van der Waals surface area contributed by atoms with Gasteiger partial charge < -0.3 is 0 Å². The van der Waals surface area contributed by atoms with Gasteiger partial charge in [0.1, 0.15) is 4.90 Å². The molecule has 0 atom stereocenters. The lowest BCUT2D eigenvalue weighted by molar-refractivity contribution is 0.608. The monoisotopic (exact) mass is 318 g/mol. The Kier molecular flexibility index (Phi) is 2.99. The first-order chi connectivity index (χ1) is 8.98. The van der Waals surface area contributed by atoms with Crippen LogP contribution >= 0.6 is 22.3 Å². The minimum atomic E-state index is -3.95. The van der Waals surface area contributed by atoms with Crippen LogP contribution in [0.25, 0.3) is 5.82 Å². The van der Waals surface area contributed by atoms with Crippen molar-refractivity contribution in [3.05, 3.63) is 29.2 Å². The molecule has 1 fully saturated rings. The highest BCUT2D eigenvalue weighted by molar-refractivity contribution is 8.13. The second-order valence-electron chi connectivity index (χ2n) is 4.21. The summed E-state index contributed by atoms with van der Waals surface area (Å²) in [6.45, 7) is 0. The van der Waals surface area contributed by atoms with Crippen LogP contribution in [0.4, 0.5) is 0 Å². The molecule has 2 aromatic heterocycles. The molecule has 0 spiro atoms. The summed E-state index contributed by atoms with van der Waals surface area (Å²) < 4.78 is 24.5. The molecule has 0 unspecified atom stereocenters. The van der Waals surface area contributed by atoms with Gasteiger partial charge in [-0.3, -0.25) is 0 Å². The maximum Gasteiger partial charge on any atom is 0.266 e. The Morgan fingerprint density at radius 2 is 2.11 bits per heavy atom. The van der Waals surface area contributed by atoms with Crippen LogP contribution in [0.15, 0.2) is 23.2 Å². The molecule has 6 nitrogen and oxygen atoms in total. The predicted octanol–water partition coefficient (Wildman–Crippen LogP) is 2.12. The van der Waals surface area contributed by atoms with Crippen LogP contribution in [-0.4, -0.2) is 28.4 Å². The molecule has 1 aliphatic carbocycles. The molecular formula is C10H8Cl2N4O2S. The normalized spacial score (nSPS) is 15.7. The van der Waals surface area contributed by atoms with Crippen LogP contribution in [0.5, 0.6) is 0 Å². The zero-order valence-electron chi connectivity index (χ0n) is 9.49. The topological polar surface area (TPSA) is 77.7 Å². The van der Waals surface area contributed by atoms with Gasteiger partial charge in [-0.25, -0.2) is 13.1 Å². The molecule has 0 N–H and O–H groups in total. The SMILES string of the molecule is O=S(=O)(Cl)c1c(C2CC2)nn(-c2cccnn2)c1Cl. The van der Waals surface area contributed by atoms with E-state index in [-0.39, 0.29) is 16.0 Å². The highest BCUT2D eigenvalue weighted by Gasteiger charge is 2.36. The molecule has 2 aromatic rings. The van der Waals surface area contributed by atoms with Gasteiger partial charge in [0.25, 0.3) is 9.05 Å². The molecule has 0 radical (unpaired) electrons. The fourth-order valence-corrected chi connectivity index (χ4v) is 3.65. The summed E-state index contributed by atoms with van der Waals surface area (Å²) >= 11 is 6.09. The van der Waals surface area contributed by atoms with Crippen molar-refractivity contribution in [2.75, 3.05) is 0 Å². The lowest BCUT2D eigenvalue weighted by atomic mass is 10.3. The first-order valence-corrected chi connectivity index (χ1v) is 8.18. The molecule has 100 valence electrons. The van der Waals surface area contributed by atoms with Gasteiger partial charge in [0, 0.05) is 22.8 Å². The van der Waals surface area contributed by atoms with Crippen molar-refractivity contribution in [2.45, 2.75) is 23.7 Å². The van der Waals surface area contributed by atoms with Crippen LogP contribution in [0.2, 0.25) is 5.15 Å². The number of halogens is 2. The molecular weight excluding hydrogens is 311 g/mol. The quantitative estimate of drug-likeness (QED) is 0.810. The Hall–Kier alpha value is -1.18. The van der Waals surface area contributed by atoms with Crippen molar-refractivity contribution in [3.8, 4) is 5.82 Å². The van der Waals surface area contributed by atoms with Gasteiger partial charge in [-0.2, -0.15) is 10.2 Å². The van der Waals surface area contributed by atoms with Gasteiger partial charge in [0.05, 0.1) is 5.69 Å². The van der Waals surface area contributed by atoms with E-state index >= 15 is 0 Å². The van der Waals surface area contributed by atoms with Crippen molar-refractivity contribution in [3.63, 3.8) is 0 Å². The maximum absolute atomic E-state index is 11.6. The molecule has 9 heteroatoms. The van der Waals surface area contributed by atoms with Gasteiger partial charge in [0.15, 0.2) is 11.0 Å². The van der Waals surface area contributed by atoms with Gasteiger partial charge in [-0.1, -0.05) is 11.6 Å². The molecule has 0 aliphatic heterocycles. The highest BCUT2D eigenvalue weighted by Crippen LogP contribution is 2.45. The van der Waals surface area contributed by atoms with E-state index in [1.54, 1.807) is 12.1 Å². The van der Waals surface area contributed by atoms with E-state index < -0.39 is 9.05 Å². The Balaban J connectivity index is 2.23. The molecule has 19 heavy (non-hydrogen) atoms. The molecule has 0 bridgehead atoms. The highest BCUT2D eigenvalue weighted by atomic mass is 35.7. The Bertz CT molecular complexity index is 725. The van der Waals surface area contributed by atoms with Crippen molar-refractivity contribution in [2.24, 2.45) is 0 Å². The first-order valence-electron chi connectivity index (χ1n) is 5.49. The second kappa shape index (κ2) is 4.43. The van der Waals surface area contributed by atoms with Gasteiger partial charge >= 0.3 is 0 Å². The number of aromatic nitrogens is 4. The molecule has 0 saturated heterocycles. The summed E-state index contributed by atoms with van der Waals surface area (Å²) in [5.41, 5.74) is 0.408. The molecule has 2 heterocycles. The smallest absolute Gasteiger partial charge is 0.207 e. The summed E-state index contributed by atoms with van der Waals surface area (Å²) in [6, 6.07) is 3.29. The van der Waals surface area contributed by atoms with E-state index in [4.69, 9.17) is 22.3 Å². The number of hydrogen-bond acceptors (Lipinski definition) is 5. The van der Waals surface area contributed by atoms with Crippen molar-refractivity contribution in [1.29, 1.82) is 0 Å². The predicted molar refractivity (Wildman–Crippen MR) is 69.2 cm³/mol. The van der Waals surface area contributed by atoms with Crippen molar-refractivity contribution in [1.82, 2.24) is 20.0 Å². The molecule has 1 saturated carbocycles. The van der Waals surface area contributed by atoms with Crippen LogP contribution in [0.3, 0.4) is 0 Å². The lowest BCUT2D eigenvalue weighted by Gasteiger charge is -1.99. The van der Waals surface area contributed by atoms with E-state index in [0.29, 0.717) is 11.5 Å². The number of hydrogen-bond donors (Lipinski definition) is 0. The first kappa shape index (κ1) is 12.8. The van der Waals surface area contributed by atoms with E-state index in [1.807, 2.05) is 0 Å². The summed E-state index contributed by atoms with van der Waals surface area (Å²) in [6.07, 6.45) is 3.27. The Morgan fingerprint density at radius 3 is 2.63 bits per heavy atom. The minimum Gasteiger partial charge on any atom is -0.207 e. The molecule has 0 aromatic carbocycles. The lowest BCUT2D eigenvalue weighted by Crippen LogP contribution is -2.01. The average molecular weight is 319 g/mol. The number of nitrogens with zero attached hydrogens (tertiary/aromatic N) is 4. The van der Waals surface area contributed by atoms with Crippen LogP contribution in [0, 0.1) is 0 Å². The molecule has 3 rings (SSSR count). The third-order valence-corrected chi connectivity index (χ3v) is 4.61. The fourth-order valence-electron chi connectivity index (χ4n) is 1.81. The second-order valence-corrected chi connectivity index (χ2v) is 7.07. The zero-order valence-corrected chi connectivity index (χ0v) is 11.8. The van der Waals surface area contributed by atoms with E-state index in [9.17, 15) is 8.42 Å². The summed E-state index contributed by atoms with van der Waals surface area (Å²) in [7, 11) is 1.49. The minimum absolute atomic E-state index is 0.0580. The maximum atomic E-state index is 11.6. The summed E-state index contributed by atoms with van der Waals surface area (Å²) in [5, 5.41) is 11.7. The fraction of sp³-hybridized carbons (Fsp3) is 0.300. The summed E-state index contributed by atoms with van der Waals surface area (Å²) in [4.78, 5) is -0.121. The van der Waals surface area contributed by atoms with E-state index in [0.717, 1.165) is 12.8 Å². The number of rotatable bonds is 3. The molecule has 0 amide bonds. The van der Waals surface area contributed by atoms with Crippen molar-refractivity contribution >= 4 is 31.3 Å². The van der Waals surface area contributed by atoms with Gasteiger partial charge in [0.2, 0.25) is 0 Å². The average Bonchev–Trinajstić information content (AvgIpc) is 3.13. The zero-order chi connectivity index (χ0) is 13.6. The Morgan fingerprint density at radius 1 is 1.37 bits per heavy atom. The van der Waals surface area contributed by atoms with Crippen molar-refractivity contribution < 1.29 is 8.42 Å².